The third kappa shape index (κ3) is 3.37. The smallest absolute Gasteiger partial charge is 0.258 e. The summed E-state index contributed by atoms with van der Waals surface area (Å²) in [5, 5.41) is 27.2. The molecular formula is C30H24N4O4+2. The number of hydrogen-bond donors (Lipinski definition) is 0. The van der Waals surface area contributed by atoms with E-state index in [2.05, 4.69) is 21.3 Å². The van der Waals surface area contributed by atoms with Crippen LogP contribution in [0.15, 0.2) is 84.9 Å². The van der Waals surface area contributed by atoms with E-state index < -0.39 is 0 Å². The molecule has 6 rings (SSSR count). The Balaban J connectivity index is 1.91. The normalized spacial score (nSPS) is 11.5. The van der Waals surface area contributed by atoms with Crippen LogP contribution in [0.4, 0.5) is 11.4 Å². The van der Waals surface area contributed by atoms with Gasteiger partial charge in [0.2, 0.25) is 22.1 Å². The molecule has 8 heteroatoms. The lowest BCUT2D eigenvalue weighted by atomic mass is 9.90. The average Bonchev–Trinajstić information content (AvgIpc) is 2.94. The fraction of sp³-hybridized carbons (Fsp3) is 0.133. The van der Waals surface area contributed by atoms with Gasteiger partial charge in [-0.2, -0.15) is 9.13 Å². The SMILES string of the molecule is CC[n+]1c2ccccc2c(-c2c3ccccc3[n+](CC)c3cc([N+](=O)[O-])ccc23)c2ccc([N+](=O)[O-])cc21. The van der Waals surface area contributed by atoms with Crippen LogP contribution in [0.3, 0.4) is 0 Å². The molecule has 2 heterocycles. The summed E-state index contributed by atoms with van der Waals surface area (Å²) in [5.74, 6) is 0. The molecule has 0 aliphatic rings. The van der Waals surface area contributed by atoms with Crippen molar-refractivity contribution in [1.29, 1.82) is 0 Å². The number of aromatic nitrogens is 2. The van der Waals surface area contributed by atoms with Gasteiger partial charge in [-0.15, -0.1) is 0 Å². The largest absolute Gasteiger partial charge is 0.276 e. The maximum absolute atomic E-state index is 11.7. The van der Waals surface area contributed by atoms with E-state index in [1.165, 1.54) is 0 Å². The van der Waals surface area contributed by atoms with E-state index >= 15 is 0 Å². The Morgan fingerprint density at radius 3 is 1.29 bits per heavy atom. The van der Waals surface area contributed by atoms with Crippen LogP contribution in [0.25, 0.3) is 54.7 Å². The molecule has 0 radical (unpaired) electrons. The molecule has 0 atom stereocenters. The van der Waals surface area contributed by atoms with Crippen molar-refractivity contribution in [3.05, 3.63) is 105 Å². The maximum Gasteiger partial charge on any atom is 0.276 e. The minimum Gasteiger partial charge on any atom is -0.258 e. The first-order chi connectivity index (χ1) is 18.4. The fourth-order valence-electron chi connectivity index (χ4n) is 5.75. The van der Waals surface area contributed by atoms with E-state index in [1.807, 2.05) is 62.4 Å². The van der Waals surface area contributed by atoms with Crippen molar-refractivity contribution in [3.63, 3.8) is 0 Å². The topological polar surface area (TPSA) is 94.0 Å². The first-order valence-electron chi connectivity index (χ1n) is 12.5. The van der Waals surface area contributed by atoms with Crippen molar-refractivity contribution < 1.29 is 19.0 Å². The van der Waals surface area contributed by atoms with Gasteiger partial charge in [0.05, 0.1) is 43.5 Å². The maximum atomic E-state index is 11.7. The first kappa shape index (κ1) is 23.4. The zero-order valence-electron chi connectivity index (χ0n) is 20.9. The molecule has 0 aliphatic carbocycles. The highest BCUT2D eigenvalue weighted by atomic mass is 16.6. The number of pyridine rings is 2. The van der Waals surface area contributed by atoms with Gasteiger partial charge in [0.1, 0.15) is 13.1 Å². The number of benzene rings is 4. The number of aryl methyl sites for hydroxylation is 2. The van der Waals surface area contributed by atoms with E-state index in [-0.39, 0.29) is 21.2 Å². The van der Waals surface area contributed by atoms with E-state index in [0.717, 1.165) is 54.7 Å². The molecular weight excluding hydrogens is 480 g/mol. The van der Waals surface area contributed by atoms with Gasteiger partial charge < -0.3 is 0 Å². The summed E-state index contributed by atoms with van der Waals surface area (Å²) in [5.41, 5.74) is 5.42. The summed E-state index contributed by atoms with van der Waals surface area (Å²) in [6.07, 6.45) is 0. The second-order valence-electron chi connectivity index (χ2n) is 9.19. The van der Waals surface area contributed by atoms with E-state index in [1.54, 1.807) is 24.3 Å². The molecule has 0 saturated carbocycles. The first-order valence-corrected chi connectivity index (χ1v) is 12.5. The van der Waals surface area contributed by atoms with E-state index in [0.29, 0.717) is 13.1 Å². The standard InChI is InChI=1S/C30H24N4O4/c1-3-31-25-11-7-5-9-21(25)29(23-15-13-19(33(35)36)17-27(23)31)30-22-10-6-8-12-26(22)32(4-2)28-18-20(34(37)38)14-16-24(28)30/h5-18H,3-4H2,1-2H3/q+2. The van der Waals surface area contributed by atoms with Gasteiger partial charge >= 0.3 is 0 Å². The average molecular weight is 505 g/mol. The highest BCUT2D eigenvalue weighted by Gasteiger charge is 2.28. The number of non-ortho nitro benzene ring substituents is 2. The number of nitro benzene ring substituents is 2. The Morgan fingerprint density at radius 1 is 0.553 bits per heavy atom. The molecule has 38 heavy (non-hydrogen) atoms. The molecule has 0 N–H and O–H groups in total. The monoisotopic (exact) mass is 504 g/mol. The van der Waals surface area contributed by atoms with Crippen molar-refractivity contribution in [3.8, 4) is 11.1 Å². The molecule has 2 aromatic heterocycles. The zero-order chi connectivity index (χ0) is 26.6. The Hall–Kier alpha value is -4.98. The number of hydrogen-bond acceptors (Lipinski definition) is 4. The van der Waals surface area contributed by atoms with Crippen LogP contribution in [0.5, 0.6) is 0 Å². The number of nitro groups is 2. The van der Waals surface area contributed by atoms with Crippen LogP contribution in [-0.4, -0.2) is 9.85 Å². The van der Waals surface area contributed by atoms with Crippen molar-refractivity contribution >= 4 is 55.0 Å². The molecule has 4 aromatic carbocycles. The Labute approximate surface area is 217 Å². The number of para-hydroxylation sites is 2. The molecule has 0 spiro atoms. The van der Waals surface area contributed by atoms with Gasteiger partial charge in [0.15, 0.2) is 0 Å². The summed E-state index contributed by atoms with van der Waals surface area (Å²) in [6, 6.07) is 26.2. The van der Waals surface area contributed by atoms with Gasteiger partial charge in [-0.1, -0.05) is 24.3 Å². The lowest BCUT2D eigenvalue weighted by molar-refractivity contribution is -0.641. The van der Waals surface area contributed by atoms with Crippen molar-refractivity contribution in [1.82, 2.24) is 0 Å². The quantitative estimate of drug-likeness (QED) is 0.118. The van der Waals surface area contributed by atoms with Crippen molar-refractivity contribution in [2.45, 2.75) is 26.9 Å². The van der Waals surface area contributed by atoms with Crippen LogP contribution >= 0.6 is 0 Å². The van der Waals surface area contributed by atoms with Crippen LogP contribution in [0.2, 0.25) is 0 Å². The summed E-state index contributed by atoms with van der Waals surface area (Å²) in [6.45, 7) is 5.33. The Bertz CT molecular complexity index is 1820. The number of fused-ring (bicyclic) bond motifs is 4. The van der Waals surface area contributed by atoms with Gasteiger partial charge in [-0.05, 0) is 38.1 Å². The molecule has 0 fully saturated rings. The van der Waals surface area contributed by atoms with E-state index in [9.17, 15) is 20.2 Å². The fourth-order valence-corrected chi connectivity index (χ4v) is 5.75. The van der Waals surface area contributed by atoms with Crippen LogP contribution < -0.4 is 9.13 Å². The van der Waals surface area contributed by atoms with E-state index in [4.69, 9.17) is 0 Å². The van der Waals surface area contributed by atoms with Crippen LogP contribution in [0.1, 0.15) is 13.8 Å². The molecule has 8 nitrogen and oxygen atoms in total. The summed E-state index contributed by atoms with van der Waals surface area (Å²) < 4.78 is 4.21. The lowest BCUT2D eigenvalue weighted by Gasteiger charge is -2.16. The van der Waals surface area contributed by atoms with Crippen molar-refractivity contribution in [2.75, 3.05) is 0 Å². The lowest BCUT2D eigenvalue weighted by Crippen LogP contribution is -2.35. The number of rotatable bonds is 5. The zero-order valence-corrected chi connectivity index (χ0v) is 20.9. The highest BCUT2D eigenvalue weighted by molar-refractivity contribution is 6.19. The van der Waals surface area contributed by atoms with Crippen molar-refractivity contribution in [2.24, 2.45) is 0 Å². The third-order valence-corrected chi connectivity index (χ3v) is 7.32. The predicted molar refractivity (Wildman–Crippen MR) is 147 cm³/mol. The summed E-state index contributed by atoms with van der Waals surface area (Å²) >= 11 is 0. The minimum absolute atomic E-state index is 0.0307. The van der Waals surface area contributed by atoms with Gasteiger partial charge in [0, 0.05) is 35.4 Å². The molecule has 0 saturated heterocycles. The van der Waals surface area contributed by atoms with Crippen LogP contribution in [0, 0.1) is 20.2 Å². The third-order valence-electron chi connectivity index (χ3n) is 7.32. The molecule has 6 aromatic rings. The Morgan fingerprint density at radius 2 is 0.921 bits per heavy atom. The van der Waals surface area contributed by atoms with Crippen LogP contribution in [-0.2, 0) is 13.1 Å². The molecule has 0 bridgehead atoms. The van der Waals surface area contributed by atoms with Gasteiger partial charge in [-0.25, -0.2) is 0 Å². The number of nitrogens with zero attached hydrogens (tertiary/aromatic N) is 4. The highest BCUT2D eigenvalue weighted by Crippen LogP contribution is 2.42. The molecule has 186 valence electrons. The van der Waals surface area contributed by atoms with Gasteiger partial charge in [0.25, 0.3) is 11.4 Å². The molecule has 0 unspecified atom stereocenters. The molecule has 0 amide bonds. The second kappa shape index (κ2) is 8.85. The minimum atomic E-state index is -0.370. The second-order valence-corrected chi connectivity index (χ2v) is 9.19. The Kier molecular flexibility index (Phi) is 5.45. The summed E-state index contributed by atoms with van der Waals surface area (Å²) in [7, 11) is 0. The predicted octanol–water partition coefficient (Wildman–Crippen LogP) is 6.40. The van der Waals surface area contributed by atoms with Gasteiger partial charge in [-0.3, -0.25) is 20.2 Å². The summed E-state index contributed by atoms with van der Waals surface area (Å²) in [4.78, 5) is 22.7. The molecule has 0 aliphatic heterocycles.